The molecule has 262 valence electrons. The lowest BCUT2D eigenvalue weighted by Gasteiger charge is -2.19. The molecule has 0 aliphatic heterocycles. The third kappa shape index (κ3) is 11.5. The maximum atomic E-state index is 12.8. The van der Waals surface area contributed by atoms with E-state index in [1.165, 1.54) is 0 Å². The van der Waals surface area contributed by atoms with Gasteiger partial charge in [-0.15, -0.1) is 0 Å². The molecule has 2 unspecified atom stereocenters. The van der Waals surface area contributed by atoms with Gasteiger partial charge in [-0.2, -0.15) is 10.2 Å². The number of halogens is 2. The lowest BCUT2D eigenvalue weighted by Crippen LogP contribution is -2.16. The minimum atomic E-state index is -0.310. The molecule has 4 aromatic carbocycles. The Kier molecular flexibility index (Phi) is 14.9. The van der Waals surface area contributed by atoms with Gasteiger partial charge in [-0.05, 0) is 109 Å². The fourth-order valence-electron chi connectivity index (χ4n) is 5.51. The van der Waals surface area contributed by atoms with Gasteiger partial charge in [0.15, 0.2) is 0 Å². The second-order valence-corrected chi connectivity index (χ2v) is 12.3. The molecule has 0 amide bonds. The average molecular weight is 718 g/mol. The van der Waals surface area contributed by atoms with Crippen molar-refractivity contribution in [2.24, 2.45) is 10.2 Å². The Hall–Kier alpha value is -4.66. The van der Waals surface area contributed by atoms with Crippen LogP contribution in [0.1, 0.15) is 73.6 Å². The van der Waals surface area contributed by atoms with Crippen LogP contribution in [0.2, 0.25) is 10.0 Å². The first-order chi connectivity index (χ1) is 24.2. The van der Waals surface area contributed by atoms with Crippen LogP contribution in [-0.2, 0) is 19.1 Å². The van der Waals surface area contributed by atoms with E-state index in [9.17, 15) is 9.59 Å². The van der Waals surface area contributed by atoms with Crippen molar-refractivity contribution in [2.75, 3.05) is 27.4 Å². The Morgan fingerprint density at radius 3 is 1.18 bits per heavy atom. The molecule has 0 bridgehead atoms. The van der Waals surface area contributed by atoms with Crippen molar-refractivity contribution < 1.29 is 28.5 Å². The molecule has 2 atom stereocenters. The first-order valence-electron chi connectivity index (χ1n) is 16.5. The number of carbonyl (C=O) groups is 2. The highest BCUT2D eigenvalue weighted by Crippen LogP contribution is 2.31. The monoisotopic (exact) mass is 716 g/mol. The summed E-state index contributed by atoms with van der Waals surface area (Å²) in [6.07, 6.45) is 1.02. The van der Waals surface area contributed by atoms with Crippen LogP contribution in [0.3, 0.4) is 0 Å². The maximum absolute atomic E-state index is 12.8. The van der Waals surface area contributed by atoms with Gasteiger partial charge < -0.3 is 18.9 Å². The van der Waals surface area contributed by atoms with Crippen molar-refractivity contribution in [2.45, 2.75) is 51.4 Å². The summed E-state index contributed by atoms with van der Waals surface area (Å²) in [5, 5.41) is 10.9. The Morgan fingerprint density at radius 2 is 0.880 bits per heavy atom. The molecule has 8 nitrogen and oxygen atoms in total. The minimum absolute atomic E-state index is 0.139. The first kappa shape index (κ1) is 38.1. The van der Waals surface area contributed by atoms with Crippen LogP contribution in [0.5, 0.6) is 11.5 Å². The topological polar surface area (TPSA) is 95.8 Å². The molecule has 0 fully saturated rings. The van der Waals surface area contributed by atoms with Crippen molar-refractivity contribution in [1.82, 2.24) is 0 Å². The lowest BCUT2D eigenvalue weighted by atomic mass is 9.88. The third-order valence-corrected chi connectivity index (χ3v) is 8.64. The van der Waals surface area contributed by atoms with Crippen molar-refractivity contribution >= 4 is 46.6 Å². The van der Waals surface area contributed by atoms with Gasteiger partial charge in [0.1, 0.15) is 11.5 Å². The van der Waals surface area contributed by atoms with Crippen molar-refractivity contribution in [1.29, 1.82) is 0 Å². The Labute approximate surface area is 304 Å². The number of nitrogens with zero attached hydrogens (tertiary/aromatic N) is 2. The molecular formula is C40H42Cl2N2O6. The number of esters is 2. The number of methoxy groups -OCH3 is 2. The fraction of sp³-hybridized carbons (Fsp3) is 0.300. The van der Waals surface area contributed by atoms with E-state index < -0.39 is 0 Å². The zero-order chi connectivity index (χ0) is 35.9. The number of hydrogen-bond acceptors (Lipinski definition) is 8. The molecule has 10 heteroatoms. The van der Waals surface area contributed by atoms with E-state index >= 15 is 0 Å². The van der Waals surface area contributed by atoms with Gasteiger partial charge in [0, 0.05) is 10.0 Å². The minimum Gasteiger partial charge on any atom is -0.497 e. The van der Waals surface area contributed by atoms with Gasteiger partial charge in [0.05, 0.1) is 51.7 Å². The van der Waals surface area contributed by atoms with Crippen LogP contribution in [0.25, 0.3) is 0 Å². The normalized spacial score (nSPS) is 12.9. The molecular weight excluding hydrogens is 675 g/mol. The van der Waals surface area contributed by atoms with E-state index in [2.05, 4.69) is 0 Å². The highest BCUT2D eigenvalue weighted by molar-refractivity contribution is 6.31. The van der Waals surface area contributed by atoms with E-state index in [1.807, 2.05) is 72.8 Å². The summed E-state index contributed by atoms with van der Waals surface area (Å²) in [5.74, 6) is 0.244. The first-order valence-corrected chi connectivity index (χ1v) is 17.2. The number of ether oxygens (including phenoxy) is 4. The quantitative estimate of drug-likeness (QED) is 0.0614. The zero-order valence-corrected chi connectivity index (χ0v) is 30.2. The number of benzene rings is 4. The largest absolute Gasteiger partial charge is 0.497 e. The highest BCUT2D eigenvalue weighted by atomic mass is 35.5. The summed E-state index contributed by atoms with van der Waals surface area (Å²) in [4.78, 5) is 25.7. The molecule has 0 aliphatic rings. The standard InChI is InChI=1S/C40H42Cl2N2O6/c1-5-49-39(45)25-31(27-11-19-35(47-3)20-12-27)23-37(29-7-15-33(41)16-8-29)43-44-38(30-9-17-34(42)18-10-30)24-32(26-40(46)50-6-2)28-13-21-36(48-4)22-14-28/h7-22,31-32H,5-6,23-26H2,1-4H3/b43-37+,44-38+. The third-order valence-electron chi connectivity index (χ3n) is 8.14. The van der Waals surface area contributed by atoms with E-state index in [4.69, 9.17) is 52.4 Å². The molecule has 0 heterocycles. The highest BCUT2D eigenvalue weighted by Gasteiger charge is 2.23. The smallest absolute Gasteiger partial charge is 0.306 e. The van der Waals surface area contributed by atoms with Gasteiger partial charge in [-0.1, -0.05) is 71.7 Å². The Bertz CT molecular complexity index is 1610. The van der Waals surface area contributed by atoms with Gasteiger partial charge in [-0.3, -0.25) is 9.59 Å². The van der Waals surface area contributed by atoms with Gasteiger partial charge >= 0.3 is 11.9 Å². The lowest BCUT2D eigenvalue weighted by molar-refractivity contribution is -0.144. The summed E-state index contributed by atoms with van der Waals surface area (Å²) < 4.78 is 21.4. The van der Waals surface area contributed by atoms with Crippen LogP contribution in [0.4, 0.5) is 0 Å². The number of rotatable bonds is 17. The SMILES string of the molecule is CCOC(=O)CC(C/C(=N\N=C(/CC(CC(=O)OCC)c1ccc(OC)cc1)c1ccc(Cl)cc1)c1ccc(Cl)cc1)c1ccc(OC)cc1. The summed E-state index contributed by atoms with van der Waals surface area (Å²) in [5.41, 5.74) is 4.74. The summed E-state index contributed by atoms with van der Waals surface area (Å²) in [6.45, 7) is 4.13. The predicted molar refractivity (Wildman–Crippen MR) is 199 cm³/mol. The molecule has 4 rings (SSSR count). The molecule has 4 aromatic rings. The van der Waals surface area contributed by atoms with Crippen LogP contribution in [0, 0.1) is 0 Å². The van der Waals surface area contributed by atoms with Crippen LogP contribution in [0.15, 0.2) is 107 Å². The molecule has 0 N–H and O–H groups in total. The summed E-state index contributed by atoms with van der Waals surface area (Å²) >= 11 is 12.5. The molecule has 0 saturated heterocycles. The molecule has 0 saturated carbocycles. The Morgan fingerprint density at radius 1 is 0.540 bits per heavy atom. The van der Waals surface area contributed by atoms with Crippen LogP contribution < -0.4 is 9.47 Å². The summed E-state index contributed by atoms with van der Waals surface area (Å²) in [7, 11) is 3.22. The average Bonchev–Trinajstić information content (AvgIpc) is 3.13. The van der Waals surface area contributed by atoms with Gasteiger partial charge in [0.2, 0.25) is 0 Å². The van der Waals surface area contributed by atoms with Crippen LogP contribution in [-0.4, -0.2) is 50.8 Å². The number of carbonyl (C=O) groups excluding carboxylic acids is 2. The van der Waals surface area contributed by atoms with Crippen molar-refractivity contribution in [3.63, 3.8) is 0 Å². The molecule has 0 spiro atoms. The van der Waals surface area contributed by atoms with Gasteiger partial charge in [0.25, 0.3) is 0 Å². The van der Waals surface area contributed by atoms with E-state index in [-0.39, 0.29) is 49.8 Å². The van der Waals surface area contributed by atoms with E-state index in [0.29, 0.717) is 45.8 Å². The number of hydrogen-bond donors (Lipinski definition) is 0. The molecule has 0 aromatic heterocycles. The van der Waals surface area contributed by atoms with E-state index in [1.54, 1.807) is 52.3 Å². The van der Waals surface area contributed by atoms with E-state index in [0.717, 1.165) is 22.3 Å². The maximum Gasteiger partial charge on any atom is 0.306 e. The second-order valence-electron chi connectivity index (χ2n) is 11.5. The van der Waals surface area contributed by atoms with Gasteiger partial charge in [-0.25, -0.2) is 0 Å². The van der Waals surface area contributed by atoms with Crippen molar-refractivity contribution in [3.05, 3.63) is 129 Å². The predicted octanol–water partition coefficient (Wildman–Crippen LogP) is 9.46. The zero-order valence-electron chi connectivity index (χ0n) is 28.7. The molecule has 0 radical (unpaired) electrons. The molecule has 0 aliphatic carbocycles. The summed E-state index contributed by atoms with van der Waals surface area (Å²) in [6, 6.07) is 30.0. The fourth-order valence-corrected chi connectivity index (χ4v) is 5.77. The van der Waals surface area contributed by atoms with Crippen molar-refractivity contribution in [3.8, 4) is 11.5 Å². The Balaban J connectivity index is 1.82. The molecule has 50 heavy (non-hydrogen) atoms. The van der Waals surface area contributed by atoms with Crippen LogP contribution >= 0.6 is 23.2 Å². The second kappa shape index (κ2) is 19.5.